The second kappa shape index (κ2) is 5.45. The van der Waals surface area contributed by atoms with Gasteiger partial charge in [0, 0.05) is 5.56 Å². The van der Waals surface area contributed by atoms with Gasteiger partial charge in [0.25, 0.3) is 0 Å². The van der Waals surface area contributed by atoms with Crippen molar-refractivity contribution in [2.24, 2.45) is 0 Å². The number of nitrogens with zero attached hydrogens (tertiary/aromatic N) is 1. The summed E-state index contributed by atoms with van der Waals surface area (Å²) in [6.07, 6.45) is -0.0226. The first-order valence-corrected chi connectivity index (χ1v) is 6.11. The van der Waals surface area contributed by atoms with Gasteiger partial charge >= 0.3 is 0 Å². The van der Waals surface area contributed by atoms with E-state index in [9.17, 15) is 10.4 Å². The van der Waals surface area contributed by atoms with Gasteiger partial charge in [0.15, 0.2) is 0 Å². The maximum Gasteiger partial charge on any atom is 0.145 e. The molecule has 96 valence electrons. The lowest BCUT2D eigenvalue weighted by Crippen LogP contribution is -2.08. The quantitative estimate of drug-likeness (QED) is 0.907. The van der Waals surface area contributed by atoms with Gasteiger partial charge in [-0.2, -0.15) is 5.26 Å². The van der Waals surface area contributed by atoms with Crippen LogP contribution in [-0.4, -0.2) is 11.2 Å². The third-order valence-corrected chi connectivity index (χ3v) is 2.65. The van der Waals surface area contributed by atoms with Crippen LogP contribution in [0.5, 0.6) is 11.5 Å². The lowest BCUT2D eigenvalue weighted by atomic mass is 10.0. The number of rotatable bonds is 3. The third-order valence-electron chi connectivity index (χ3n) is 2.65. The Bertz CT molecular complexity index is 627. The summed E-state index contributed by atoms with van der Waals surface area (Å²) in [5, 5.41) is 18.7. The topological polar surface area (TPSA) is 53.2 Å². The van der Waals surface area contributed by atoms with Gasteiger partial charge in [-0.3, -0.25) is 0 Å². The average Bonchev–Trinajstić information content (AvgIpc) is 2.38. The molecule has 19 heavy (non-hydrogen) atoms. The zero-order chi connectivity index (χ0) is 13.8. The highest BCUT2D eigenvalue weighted by atomic mass is 16.5. The third kappa shape index (κ3) is 2.86. The number of hydrogen-bond acceptors (Lipinski definition) is 3. The van der Waals surface area contributed by atoms with Gasteiger partial charge in [-0.1, -0.05) is 24.3 Å². The van der Waals surface area contributed by atoms with Crippen molar-refractivity contribution in [3.8, 4) is 28.7 Å². The normalized spacial score (nSPS) is 10.2. The summed E-state index contributed by atoms with van der Waals surface area (Å²) in [5.74, 6) is 0.751. The summed E-state index contributed by atoms with van der Waals surface area (Å²) in [5.41, 5.74) is 2.13. The van der Waals surface area contributed by atoms with Gasteiger partial charge in [-0.25, -0.2) is 0 Å². The van der Waals surface area contributed by atoms with E-state index in [1.807, 2.05) is 32.0 Å². The SMILES string of the molecule is CC(C)Oc1c(C#N)cccc1-c1cccc(O)c1. The second-order valence-electron chi connectivity index (χ2n) is 4.51. The van der Waals surface area contributed by atoms with Crippen LogP contribution < -0.4 is 4.74 Å². The molecular formula is C16H15NO2. The Labute approximate surface area is 112 Å². The Balaban J connectivity index is 2.60. The van der Waals surface area contributed by atoms with E-state index in [1.54, 1.807) is 24.3 Å². The van der Waals surface area contributed by atoms with E-state index in [-0.39, 0.29) is 11.9 Å². The van der Waals surface area contributed by atoms with E-state index in [0.717, 1.165) is 11.1 Å². The van der Waals surface area contributed by atoms with Crippen LogP contribution in [0.3, 0.4) is 0 Å². The number of phenols is 1. The Kier molecular flexibility index (Phi) is 3.72. The minimum Gasteiger partial charge on any atom is -0.508 e. The first-order chi connectivity index (χ1) is 9.11. The molecule has 0 aliphatic carbocycles. The van der Waals surface area contributed by atoms with Crippen LogP contribution in [-0.2, 0) is 0 Å². The second-order valence-corrected chi connectivity index (χ2v) is 4.51. The van der Waals surface area contributed by atoms with Crippen molar-refractivity contribution in [1.29, 1.82) is 5.26 Å². The van der Waals surface area contributed by atoms with Crippen LogP contribution in [0.15, 0.2) is 42.5 Å². The summed E-state index contributed by atoms with van der Waals surface area (Å²) < 4.78 is 5.76. The minimum absolute atomic E-state index is 0.0226. The Hall–Kier alpha value is -2.47. The number of phenolic OH excluding ortho intramolecular Hbond substituents is 1. The molecule has 0 fully saturated rings. The molecule has 0 radical (unpaired) electrons. The van der Waals surface area contributed by atoms with Crippen LogP contribution in [0.1, 0.15) is 19.4 Å². The van der Waals surface area contributed by atoms with Crippen molar-refractivity contribution in [3.05, 3.63) is 48.0 Å². The Morgan fingerprint density at radius 1 is 1.16 bits per heavy atom. The van der Waals surface area contributed by atoms with Gasteiger partial charge in [0.1, 0.15) is 17.6 Å². The lowest BCUT2D eigenvalue weighted by molar-refractivity contribution is 0.243. The lowest BCUT2D eigenvalue weighted by Gasteiger charge is -2.16. The number of benzene rings is 2. The molecule has 0 atom stereocenters. The van der Waals surface area contributed by atoms with Crippen LogP contribution in [0.2, 0.25) is 0 Å². The minimum atomic E-state index is -0.0226. The summed E-state index contributed by atoms with van der Waals surface area (Å²) in [4.78, 5) is 0. The fraction of sp³-hybridized carbons (Fsp3) is 0.188. The molecule has 2 aromatic carbocycles. The van der Waals surface area contributed by atoms with Crippen LogP contribution in [0.25, 0.3) is 11.1 Å². The zero-order valence-corrected chi connectivity index (χ0v) is 10.9. The number of aromatic hydroxyl groups is 1. The first-order valence-electron chi connectivity index (χ1n) is 6.11. The number of nitriles is 1. The van der Waals surface area contributed by atoms with Gasteiger partial charge in [0.05, 0.1) is 11.7 Å². The maximum atomic E-state index is 9.57. The monoisotopic (exact) mass is 253 g/mol. The highest BCUT2D eigenvalue weighted by molar-refractivity contribution is 5.74. The van der Waals surface area contributed by atoms with E-state index < -0.39 is 0 Å². The zero-order valence-electron chi connectivity index (χ0n) is 10.9. The smallest absolute Gasteiger partial charge is 0.145 e. The molecular weight excluding hydrogens is 238 g/mol. The standard InChI is InChI=1S/C16H15NO2/c1-11(2)19-16-13(10-17)6-4-8-15(16)12-5-3-7-14(18)9-12/h3-9,11,18H,1-2H3. The van der Waals surface area contributed by atoms with E-state index in [4.69, 9.17) is 4.74 Å². The van der Waals surface area contributed by atoms with E-state index in [0.29, 0.717) is 11.3 Å². The molecule has 2 rings (SSSR count). The largest absolute Gasteiger partial charge is 0.508 e. The van der Waals surface area contributed by atoms with Crippen LogP contribution >= 0.6 is 0 Å². The van der Waals surface area contributed by atoms with Gasteiger partial charge < -0.3 is 9.84 Å². The highest BCUT2D eigenvalue weighted by Gasteiger charge is 2.13. The Morgan fingerprint density at radius 2 is 1.89 bits per heavy atom. The highest BCUT2D eigenvalue weighted by Crippen LogP contribution is 2.34. The molecule has 3 nitrogen and oxygen atoms in total. The molecule has 0 bridgehead atoms. The van der Waals surface area contributed by atoms with Gasteiger partial charge in [-0.15, -0.1) is 0 Å². The van der Waals surface area contributed by atoms with Crippen LogP contribution in [0, 0.1) is 11.3 Å². The average molecular weight is 253 g/mol. The summed E-state index contributed by atoms with van der Waals surface area (Å²) >= 11 is 0. The van der Waals surface area contributed by atoms with Gasteiger partial charge in [-0.05, 0) is 37.6 Å². The molecule has 0 heterocycles. The van der Waals surface area contributed by atoms with Crippen molar-refractivity contribution in [2.75, 3.05) is 0 Å². The summed E-state index contributed by atoms with van der Waals surface area (Å²) in [6.45, 7) is 3.83. The predicted molar refractivity (Wildman–Crippen MR) is 74.0 cm³/mol. The summed E-state index contributed by atoms with van der Waals surface area (Å²) in [6, 6.07) is 14.5. The molecule has 3 heteroatoms. The fourth-order valence-electron chi connectivity index (χ4n) is 1.89. The number of hydrogen-bond donors (Lipinski definition) is 1. The summed E-state index contributed by atoms with van der Waals surface area (Å²) in [7, 11) is 0. The Morgan fingerprint density at radius 3 is 2.53 bits per heavy atom. The van der Waals surface area contributed by atoms with Crippen molar-refractivity contribution >= 4 is 0 Å². The first kappa shape index (κ1) is 13.0. The molecule has 2 aromatic rings. The van der Waals surface area contributed by atoms with E-state index in [2.05, 4.69) is 6.07 Å². The van der Waals surface area contributed by atoms with Crippen molar-refractivity contribution in [1.82, 2.24) is 0 Å². The van der Waals surface area contributed by atoms with Crippen molar-refractivity contribution in [3.63, 3.8) is 0 Å². The molecule has 0 aliphatic heterocycles. The molecule has 0 amide bonds. The number of para-hydroxylation sites is 1. The van der Waals surface area contributed by atoms with Crippen LogP contribution in [0.4, 0.5) is 0 Å². The number of ether oxygens (including phenoxy) is 1. The molecule has 0 spiro atoms. The molecule has 1 N–H and O–H groups in total. The molecule has 0 aliphatic rings. The van der Waals surface area contributed by atoms with Crippen molar-refractivity contribution < 1.29 is 9.84 Å². The molecule has 0 saturated carbocycles. The molecule has 0 aromatic heterocycles. The van der Waals surface area contributed by atoms with E-state index >= 15 is 0 Å². The van der Waals surface area contributed by atoms with Gasteiger partial charge in [0.2, 0.25) is 0 Å². The molecule has 0 saturated heterocycles. The fourth-order valence-corrected chi connectivity index (χ4v) is 1.89. The predicted octanol–water partition coefficient (Wildman–Crippen LogP) is 3.72. The molecule has 0 unspecified atom stereocenters. The van der Waals surface area contributed by atoms with E-state index in [1.165, 1.54) is 0 Å². The van der Waals surface area contributed by atoms with Crippen molar-refractivity contribution in [2.45, 2.75) is 20.0 Å². The maximum absolute atomic E-state index is 9.57.